The van der Waals surface area contributed by atoms with Crippen molar-refractivity contribution in [3.8, 4) is 0 Å². The van der Waals surface area contributed by atoms with Crippen molar-refractivity contribution in [2.45, 2.75) is 63.5 Å². The highest BCUT2D eigenvalue weighted by atomic mass is 32.2. The molecule has 10 heteroatoms. The summed E-state index contributed by atoms with van der Waals surface area (Å²) in [6, 6.07) is 14.2. The number of thioether (sulfide) groups is 1. The molecule has 0 aliphatic carbocycles. The largest absolute Gasteiger partial charge is 0.460 e. The minimum absolute atomic E-state index is 0.0183. The minimum atomic E-state index is -0.649. The fourth-order valence-electron chi connectivity index (χ4n) is 4.32. The molecular weight excluding hydrogens is 504 g/mol. The number of rotatable bonds is 8. The van der Waals surface area contributed by atoms with Crippen LogP contribution in [0.2, 0.25) is 0 Å². The van der Waals surface area contributed by atoms with Gasteiger partial charge in [-0.3, -0.25) is 14.9 Å². The third kappa shape index (κ3) is 5.80. The van der Waals surface area contributed by atoms with E-state index < -0.39 is 16.8 Å². The van der Waals surface area contributed by atoms with Crippen LogP contribution in [-0.2, 0) is 15.3 Å². The van der Waals surface area contributed by atoms with E-state index in [-0.39, 0.29) is 17.4 Å². The zero-order chi connectivity index (χ0) is 27.6. The summed E-state index contributed by atoms with van der Waals surface area (Å²) in [6.45, 7) is 9.56. The van der Waals surface area contributed by atoms with E-state index in [0.717, 1.165) is 16.7 Å². The van der Waals surface area contributed by atoms with E-state index in [0.29, 0.717) is 39.5 Å². The van der Waals surface area contributed by atoms with Gasteiger partial charge < -0.3 is 15.0 Å². The van der Waals surface area contributed by atoms with Crippen molar-refractivity contribution in [1.29, 1.82) is 0 Å². The van der Waals surface area contributed by atoms with Crippen LogP contribution in [-0.4, -0.2) is 27.0 Å². The monoisotopic (exact) mass is 534 g/mol. The number of anilines is 1. The molecule has 2 heterocycles. The highest BCUT2D eigenvalue weighted by molar-refractivity contribution is 7.98. The van der Waals surface area contributed by atoms with Gasteiger partial charge in [-0.1, -0.05) is 62.0 Å². The summed E-state index contributed by atoms with van der Waals surface area (Å²) in [6.07, 6.45) is -0.317. The van der Waals surface area contributed by atoms with Crippen LogP contribution in [0.3, 0.4) is 0 Å². The maximum atomic E-state index is 13.5. The lowest BCUT2D eigenvalue weighted by molar-refractivity contribution is -0.384. The summed E-state index contributed by atoms with van der Waals surface area (Å²) in [4.78, 5) is 44.6. The first kappa shape index (κ1) is 27.1. The van der Waals surface area contributed by atoms with Crippen molar-refractivity contribution in [3.05, 3.63) is 103 Å². The van der Waals surface area contributed by atoms with Gasteiger partial charge >= 0.3 is 5.97 Å². The Bertz CT molecular complexity index is 1440. The molecule has 0 saturated heterocycles. The molecule has 0 fully saturated rings. The molecule has 0 radical (unpaired) electrons. The van der Waals surface area contributed by atoms with Crippen LogP contribution in [0.15, 0.2) is 69.8 Å². The molecule has 4 rings (SSSR count). The van der Waals surface area contributed by atoms with Gasteiger partial charge in [-0.25, -0.2) is 9.78 Å². The lowest BCUT2D eigenvalue weighted by atomic mass is 9.81. The predicted molar refractivity (Wildman–Crippen MR) is 147 cm³/mol. The molecule has 1 aliphatic rings. The number of esters is 1. The molecule has 2 N–H and O–H groups in total. The van der Waals surface area contributed by atoms with Crippen molar-refractivity contribution < 1.29 is 14.5 Å². The Kier molecular flexibility index (Phi) is 8.01. The van der Waals surface area contributed by atoms with Gasteiger partial charge in [0.25, 0.3) is 11.2 Å². The number of fused-ring (bicyclic) bond motifs is 1. The van der Waals surface area contributed by atoms with Crippen molar-refractivity contribution in [3.63, 3.8) is 0 Å². The van der Waals surface area contributed by atoms with Gasteiger partial charge in [-0.2, -0.15) is 0 Å². The normalized spacial score (nSPS) is 14.9. The molecule has 1 unspecified atom stereocenters. The Morgan fingerprint density at radius 1 is 1.11 bits per heavy atom. The second kappa shape index (κ2) is 11.2. The average Bonchev–Trinajstić information content (AvgIpc) is 2.86. The molecular formula is C28H30N4O5S. The molecule has 1 aromatic heterocycles. The van der Waals surface area contributed by atoms with Crippen LogP contribution < -0.4 is 10.9 Å². The zero-order valence-electron chi connectivity index (χ0n) is 21.9. The minimum Gasteiger partial charge on any atom is -0.460 e. The fraction of sp³-hybridized carbons (Fsp3) is 0.321. The van der Waals surface area contributed by atoms with Crippen LogP contribution in [0.1, 0.15) is 68.7 Å². The van der Waals surface area contributed by atoms with Crippen LogP contribution in [0.5, 0.6) is 0 Å². The summed E-state index contributed by atoms with van der Waals surface area (Å²) in [7, 11) is 0. The molecule has 0 bridgehead atoms. The number of benzene rings is 2. The number of nitrogens with one attached hydrogen (secondary N) is 2. The van der Waals surface area contributed by atoms with Crippen molar-refractivity contribution in [2.75, 3.05) is 5.32 Å². The van der Waals surface area contributed by atoms with Gasteiger partial charge in [0.2, 0.25) is 0 Å². The Hall–Kier alpha value is -3.92. The van der Waals surface area contributed by atoms with E-state index in [1.807, 2.05) is 24.3 Å². The smallest absolute Gasteiger partial charge is 0.337 e. The molecule has 38 heavy (non-hydrogen) atoms. The molecule has 2 aromatic carbocycles. The molecule has 198 valence electrons. The number of nitro groups is 1. The lowest BCUT2D eigenvalue weighted by Crippen LogP contribution is -2.31. The van der Waals surface area contributed by atoms with Gasteiger partial charge in [-0.15, -0.1) is 0 Å². The first-order chi connectivity index (χ1) is 18.0. The quantitative estimate of drug-likeness (QED) is 0.121. The SMILES string of the molecule is CC1=C(C(=O)OC(C)C)C(c2ccc(C(C)C)cc2)c2c(nc(SCc3ccc([N+](=O)[O-])cc3)[nH]c2=O)N1. The summed E-state index contributed by atoms with van der Waals surface area (Å²) in [5.74, 6) is 0.0536. The van der Waals surface area contributed by atoms with Crippen molar-refractivity contribution in [1.82, 2.24) is 9.97 Å². The molecule has 1 aliphatic heterocycles. The first-order valence-corrected chi connectivity index (χ1v) is 13.3. The molecule has 0 amide bonds. The van der Waals surface area contributed by atoms with Gasteiger partial charge in [-0.05, 0) is 43.4 Å². The van der Waals surface area contributed by atoms with Gasteiger partial charge in [0.05, 0.1) is 28.1 Å². The molecule has 3 aromatic rings. The van der Waals surface area contributed by atoms with E-state index in [1.54, 1.807) is 32.9 Å². The zero-order valence-corrected chi connectivity index (χ0v) is 22.7. The number of nitro benzene ring substituents is 1. The van der Waals surface area contributed by atoms with E-state index in [4.69, 9.17) is 4.74 Å². The van der Waals surface area contributed by atoms with Crippen LogP contribution in [0, 0.1) is 10.1 Å². The maximum Gasteiger partial charge on any atom is 0.337 e. The van der Waals surface area contributed by atoms with Gasteiger partial charge in [0, 0.05) is 23.6 Å². The fourth-order valence-corrected chi connectivity index (χ4v) is 5.14. The van der Waals surface area contributed by atoms with Gasteiger partial charge in [0.1, 0.15) is 5.82 Å². The molecule has 9 nitrogen and oxygen atoms in total. The Balaban J connectivity index is 1.71. The number of H-pyrrole nitrogens is 1. The second-order valence-electron chi connectivity index (χ2n) is 9.72. The van der Waals surface area contributed by atoms with Crippen LogP contribution >= 0.6 is 11.8 Å². The van der Waals surface area contributed by atoms with E-state index in [1.165, 1.54) is 23.9 Å². The summed E-state index contributed by atoms with van der Waals surface area (Å²) < 4.78 is 5.55. The number of carbonyl (C=O) groups is 1. The van der Waals surface area contributed by atoms with Crippen molar-refractivity contribution in [2.24, 2.45) is 0 Å². The predicted octanol–water partition coefficient (Wildman–Crippen LogP) is 5.88. The maximum absolute atomic E-state index is 13.5. The lowest BCUT2D eigenvalue weighted by Gasteiger charge is -2.29. The van der Waals surface area contributed by atoms with Crippen molar-refractivity contribution >= 4 is 29.2 Å². The van der Waals surface area contributed by atoms with E-state index >= 15 is 0 Å². The number of aromatic amines is 1. The number of ether oxygens (including phenoxy) is 1. The second-order valence-corrected chi connectivity index (χ2v) is 10.7. The van der Waals surface area contributed by atoms with E-state index in [2.05, 4.69) is 29.1 Å². The highest BCUT2D eigenvalue weighted by Gasteiger charge is 2.36. The van der Waals surface area contributed by atoms with Crippen LogP contribution in [0.25, 0.3) is 0 Å². The summed E-state index contributed by atoms with van der Waals surface area (Å²) >= 11 is 1.31. The number of aromatic nitrogens is 2. The summed E-state index contributed by atoms with van der Waals surface area (Å²) in [5.41, 5.74) is 3.77. The Labute approximate surface area is 224 Å². The summed E-state index contributed by atoms with van der Waals surface area (Å²) in [5, 5.41) is 14.4. The van der Waals surface area contributed by atoms with Crippen LogP contribution in [0.4, 0.5) is 11.5 Å². The Morgan fingerprint density at radius 3 is 2.34 bits per heavy atom. The molecule has 1 atom stereocenters. The third-order valence-corrected chi connectivity index (χ3v) is 7.19. The number of nitrogens with zero attached hydrogens (tertiary/aromatic N) is 2. The molecule has 0 spiro atoms. The number of carbonyl (C=O) groups excluding carboxylic acids is 1. The standard InChI is InChI=1S/C28H30N4O5S/c1-15(2)19-8-10-20(11-9-19)23-22(27(34)37-16(3)4)17(5)29-25-24(23)26(33)31-28(30-25)38-14-18-6-12-21(13-7-18)32(35)36/h6-13,15-16,23H,14H2,1-5H3,(H2,29,30,31,33). The number of hydrogen-bond acceptors (Lipinski definition) is 8. The van der Waals surface area contributed by atoms with E-state index in [9.17, 15) is 19.7 Å². The third-order valence-electron chi connectivity index (χ3n) is 6.24. The topological polar surface area (TPSA) is 127 Å². The van der Waals surface area contributed by atoms with Gasteiger partial charge in [0.15, 0.2) is 5.16 Å². The highest BCUT2D eigenvalue weighted by Crippen LogP contribution is 2.40. The average molecular weight is 535 g/mol. The number of hydrogen-bond donors (Lipinski definition) is 2. The Morgan fingerprint density at radius 2 is 1.76 bits per heavy atom. The number of non-ortho nitro benzene ring substituents is 1. The first-order valence-electron chi connectivity index (χ1n) is 12.3. The molecule has 0 saturated carbocycles. The number of allylic oxidation sites excluding steroid dienone is 1.